The van der Waals surface area contributed by atoms with Crippen molar-refractivity contribution in [3.8, 4) is 11.6 Å². The van der Waals surface area contributed by atoms with Crippen molar-refractivity contribution in [2.45, 2.75) is 13.8 Å². The van der Waals surface area contributed by atoms with Gasteiger partial charge in [0.1, 0.15) is 17.8 Å². The summed E-state index contributed by atoms with van der Waals surface area (Å²) in [7, 11) is 0. The van der Waals surface area contributed by atoms with Gasteiger partial charge in [0, 0.05) is 6.07 Å². The average Bonchev–Trinajstić information content (AvgIpc) is 2.50. The third-order valence-corrected chi connectivity index (χ3v) is 2.60. The van der Waals surface area contributed by atoms with Crippen LogP contribution in [0.2, 0.25) is 0 Å². The highest BCUT2D eigenvalue weighted by Gasteiger charge is 2.12. The summed E-state index contributed by atoms with van der Waals surface area (Å²) < 4.78 is 10.7. The molecule has 2 aromatic rings. The minimum absolute atomic E-state index is 0.236. The van der Waals surface area contributed by atoms with Crippen LogP contribution in [-0.2, 0) is 0 Å². The molecule has 0 fully saturated rings. The molecule has 2 rings (SSSR count). The van der Waals surface area contributed by atoms with Gasteiger partial charge in [0.15, 0.2) is 0 Å². The fraction of sp³-hybridized carbons (Fsp3) is 0.267. The highest BCUT2D eigenvalue weighted by atomic mass is 16.5. The van der Waals surface area contributed by atoms with Gasteiger partial charge in [-0.3, -0.25) is 4.79 Å². The summed E-state index contributed by atoms with van der Waals surface area (Å²) in [6, 6.07) is 8.74. The van der Waals surface area contributed by atoms with Crippen LogP contribution in [0.1, 0.15) is 24.3 Å². The van der Waals surface area contributed by atoms with E-state index in [0.29, 0.717) is 30.5 Å². The van der Waals surface area contributed by atoms with E-state index >= 15 is 0 Å². The van der Waals surface area contributed by atoms with Crippen LogP contribution >= 0.6 is 0 Å². The molecule has 1 N–H and O–H groups in total. The van der Waals surface area contributed by atoms with E-state index in [1.807, 2.05) is 26.0 Å². The Morgan fingerprint density at radius 3 is 2.67 bits per heavy atom. The fourth-order valence-corrected chi connectivity index (χ4v) is 1.73. The first-order valence-electron chi connectivity index (χ1n) is 6.72. The van der Waals surface area contributed by atoms with Crippen LogP contribution in [0.15, 0.2) is 36.7 Å². The minimum Gasteiger partial charge on any atom is -0.492 e. The molecular weight excluding hydrogens is 270 g/mol. The molecule has 0 unspecified atom stereocenters. The lowest BCUT2D eigenvalue weighted by atomic mass is 10.2. The fourth-order valence-electron chi connectivity index (χ4n) is 1.73. The van der Waals surface area contributed by atoms with Crippen molar-refractivity contribution in [2.75, 3.05) is 18.5 Å². The number of rotatable bonds is 6. The standard InChI is InChI=1S/C15H17N3O3/c1-3-20-13-8-6-5-7-11(13)18-15(19)12-9-14(21-4-2)17-10-16-12/h5-10H,3-4H2,1-2H3,(H,18,19). The molecule has 1 amide bonds. The molecule has 0 aliphatic rings. The smallest absolute Gasteiger partial charge is 0.274 e. The summed E-state index contributed by atoms with van der Waals surface area (Å²) in [5, 5.41) is 2.77. The maximum atomic E-state index is 12.2. The summed E-state index contributed by atoms with van der Waals surface area (Å²) >= 11 is 0. The van der Waals surface area contributed by atoms with Gasteiger partial charge < -0.3 is 14.8 Å². The number of aromatic nitrogens is 2. The molecule has 0 saturated carbocycles. The van der Waals surface area contributed by atoms with Crippen LogP contribution in [0, 0.1) is 0 Å². The second-order valence-electron chi connectivity index (χ2n) is 4.06. The molecule has 0 aliphatic heterocycles. The molecule has 1 aromatic heterocycles. The number of hydrogen-bond acceptors (Lipinski definition) is 5. The number of hydrogen-bond donors (Lipinski definition) is 1. The normalized spacial score (nSPS) is 10.0. The highest BCUT2D eigenvalue weighted by molar-refractivity contribution is 6.03. The Morgan fingerprint density at radius 1 is 1.14 bits per heavy atom. The maximum absolute atomic E-state index is 12.2. The first-order chi connectivity index (χ1) is 10.2. The van der Waals surface area contributed by atoms with E-state index < -0.39 is 0 Å². The second-order valence-corrected chi connectivity index (χ2v) is 4.06. The van der Waals surface area contributed by atoms with E-state index in [9.17, 15) is 4.79 Å². The first-order valence-corrected chi connectivity index (χ1v) is 6.72. The SMILES string of the molecule is CCOc1cc(C(=O)Nc2ccccc2OCC)ncn1. The summed E-state index contributed by atoms with van der Waals surface area (Å²) in [6.07, 6.45) is 1.30. The molecule has 21 heavy (non-hydrogen) atoms. The monoisotopic (exact) mass is 287 g/mol. The molecular formula is C15H17N3O3. The second kappa shape index (κ2) is 7.23. The van der Waals surface area contributed by atoms with Gasteiger partial charge in [-0.2, -0.15) is 0 Å². The number of ether oxygens (including phenoxy) is 2. The molecule has 1 aromatic carbocycles. The lowest BCUT2D eigenvalue weighted by Crippen LogP contribution is -2.15. The molecule has 0 spiro atoms. The predicted octanol–water partition coefficient (Wildman–Crippen LogP) is 2.53. The summed E-state index contributed by atoms with van der Waals surface area (Å²) in [6.45, 7) is 4.73. The van der Waals surface area contributed by atoms with Crippen LogP contribution in [0.25, 0.3) is 0 Å². The Bertz CT molecular complexity index is 617. The number of nitrogens with one attached hydrogen (secondary N) is 1. The van der Waals surface area contributed by atoms with Crippen molar-refractivity contribution in [1.82, 2.24) is 9.97 Å². The van der Waals surface area contributed by atoms with Crippen LogP contribution in [0.3, 0.4) is 0 Å². The predicted molar refractivity (Wildman–Crippen MR) is 78.8 cm³/mol. The largest absolute Gasteiger partial charge is 0.492 e. The van der Waals surface area contributed by atoms with Crippen molar-refractivity contribution in [3.05, 3.63) is 42.4 Å². The van der Waals surface area contributed by atoms with Gasteiger partial charge in [-0.05, 0) is 26.0 Å². The van der Waals surface area contributed by atoms with Gasteiger partial charge in [0.05, 0.1) is 18.9 Å². The molecule has 6 heteroatoms. The molecule has 0 atom stereocenters. The number of benzene rings is 1. The number of nitrogens with zero attached hydrogens (tertiary/aromatic N) is 2. The van der Waals surface area contributed by atoms with Crippen molar-refractivity contribution in [2.24, 2.45) is 0 Å². The van der Waals surface area contributed by atoms with Crippen LogP contribution in [0.5, 0.6) is 11.6 Å². The molecule has 0 aliphatic carbocycles. The van der Waals surface area contributed by atoms with Gasteiger partial charge in [0.2, 0.25) is 5.88 Å². The Hall–Kier alpha value is -2.63. The van der Waals surface area contributed by atoms with E-state index in [0.717, 1.165) is 0 Å². The number of carbonyl (C=O) groups excluding carboxylic acids is 1. The lowest BCUT2D eigenvalue weighted by Gasteiger charge is -2.11. The topological polar surface area (TPSA) is 73.3 Å². The van der Waals surface area contributed by atoms with E-state index in [4.69, 9.17) is 9.47 Å². The summed E-state index contributed by atoms with van der Waals surface area (Å²) in [5.41, 5.74) is 0.834. The highest BCUT2D eigenvalue weighted by Crippen LogP contribution is 2.24. The van der Waals surface area contributed by atoms with Crippen LogP contribution < -0.4 is 14.8 Å². The van der Waals surface area contributed by atoms with Gasteiger partial charge in [-0.15, -0.1) is 0 Å². The van der Waals surface area contributed by atoms with E-state index in [1.165, 1.54) is 12.4 Å². The van der Waals surface area contributed by atoms with Crippen LogP contribution in [-0.4, -0.2) is 29.1 Å². The molecule has 0 radical (unpaired) electrons. The van der Waals surface area contributed by atoms with Crippen molar-refractivity contribution in [3.63, 3.8) is 0 Å². The average molecular weight is 287 g/mol. The number of carbonyl (C=O) groups is 1. The Balaban J connectivity index is 2.16. The Kier molecular flexibility index (Phi) is 5.09. The van der Waals surface area contributed by atoms with Gasteiger partial charge in [-0.1, -0.05) is 12.1 Å². The van der Waals surface area contributed by atoms with Crippen molar-refractivity contribution < 1.29 is 14.3 Å². The molecule has 110 valence electrons. The van der Waals surface area contributed by atoms with Gasteiger partial charge in [0.25, 0.3) is 5.91 Å². The Labute approximate surface area is 123 Å². The quantitative estimate of drug-likeness (QED) is 0.883. The molecule has 1 heterocycles. The third-order valence-electron chi connectivity index (χ3n) is 2.60. The van der Waals surface area contributed by atoms with Gasteiger partial charge in [-0.25, -0.2) is 9.97 Å². The number of amides is 1. The zero-order valence-electron chi connectivity index (χ0n) is 12.0. The third kappa shape index (κ3) is 3.92. The van der Waals surface area contributed by atoms with Crippen molar-refractivity contribution >= 4 is 11.6 Å². The Morgan fingerprint density at radius 2 is 1.90 bits per heavy atom. The molecule has 0 bridgehead atoms. The van der Waals surface area contributed by atoms with Gasteiger partial charge >= 0.3 is 0 Å². The van der Waals surface area contributed by atoms with E-state index in [-0.39, 0.29) is 11.6 Å². The zero-order chi connectivity index (χ0) is 15.1. The summed E-state index contributed by atoms with van der Waals surface area (Å²) in [4.78, 5) is 20.1. The summed E-state index contributed by atoms with van der Waals surface area (Å²) in [5.74, 6) is 0.647. The zero-order valence-corrected chi connectivity index (χ0v) is 12.0. The van der Waals surface area contributed by atoms with Crippen LogP contribution in [0.4, 0.5) is 5.69 Å². The van der Waals surface area contributed by atoms with E-state index in [1.54, 1.807) is 12.1 Å². The maximum Gasteiger partial charge on any atom is 0.274 e. The minimum atomic E-state index is -0.342. The van der Waals surface area contributed by atoms with E-state index in [2.05, 4.69) is 15.3 Å². The number of anilines is 1. The van der Waals surface area contributed by atoms with Crippen molar-refractivity contribution in [1.29, 1.82) is 0 Å². The molecule has 6 nitrogen and oxygen atoms in total. The lowest BCUT2D eigenvalue weighted by molar-refractivity contribution is 0.102. The first kappa shape index (κ1) is 14.8. The molecule has 0 saturated heterocycles. The number of para-hydroxylation sites is 2.